The van der Waals surface area contributed by atoms with Gasteiger partial charge in [0, 0.05) is 44.7 Å². The summed E-state index contributed by atoms with van der Waals surface area (Å²) >= 11 is 0. The van der Waals surface area contributed by atoms with E-state index in [4.69, 9.17) is 4.74 Å². The molecule has 0 aromatic heterocycles. The van der Waals surface area contributed by atoms with Crippen LogP contribution >= 0.6 is 0 Å². The minimum atomic E-state index is -3.59. The Balaban J connectivity index is 1.44. The van der Waals surface area contributed by atoms with E-state index in [9.17, 15) is 17.6 Å². The first-order chi connectivity index (χ1) is 17.2. The first-order valence-electron chi connectivity index (χ1n) is 11.7. The maximum absolute atomic E-state index is 13.7. The lowest BCUT2D eigenvalue weighted by Gasteiger charge is -2.38. The van der Waals surface area contributed by atoms with Gasteiger partial charge >= 0.3 is 0 Å². The number of sulfone groups is 1. The van der Waals surface area contributed by atoms with Crippen LogP contribution in [0.5, 0.6) is 5.75 Å². The van der Waals surface area contributed by atoms with Crippen molar-refractivity contribution >= 4 is 27.1 Å². The number of carbonyl (C=O) groups excluding carboxylic acids is 1. The van der Waals surface area contributed by atoms with Crippen molar-refractivity contribution in [2.45, 2.75) is 11.4 Å². The Morgan fingerprint density at radius 2 is 1.64 bits per heavy atom. The molecule has 9 heteroatoms. The Labute approximate surface area is 211 Å². The Morgan fingerprint density at radius 1 is 0.972 bits per heavy atom. The molecule has 0 saturated carbocycles. The Kier molecular flexibility index (Phi) is 7.79. The van der Waals surface area contributed by atoms with Crippen LogP contribution in [0.1, 0.15) is 5.56 Å². The number of carbonyl (C=O) groups is 1. The summed E-state index contributed by atoms with van der Waals surface area (Å²) < 4.78 is 43.4. The van der Waals surface area contributed by atoms with Gasteiger partial charge in [0.15, 0.2) is 9.84 Å². The van der Waals surface area contributed by atoms with Crippen molar-refractivity contribution in [2.75, 3.05) is 55.9 Å². The van der Waals surface area contributed by atoms with Crippen LogP contribution in [0.3, 0.4) is 0 Å². The fourth-order valence-corrected chi connectivity index (χ4v) is 5.24. The van der Waals surface area contributed by atoms with E-state index in [1.54, 1.807) is 12.0 Å². The number of ether oxygens (including phenoxy) is 1. The molecular weight excluding hydrogens is 481 g/mol. The third kappa shape index (κ3) is 6.15. The molecule has 1 aliphatic rings. The molecule has 3 aromatic carbocycles. The smallest absolute Gasteiger partial charge is 0.242 e. The van der Waals surface area contributed by atoms with Crippen LogP contribution in [0.2, 0.25) is 0 Å². The monoisotopic (exact) mass is 511 g/mol. The Morgan fingerprint density at radius 3 is 2.25 bits per heavy atom. The summed E-state index contributed by atoms with van der Waals surface area (Å²) in [6, 6.07) is 21.4. The van der Waals surface area contributed by atoms with Crippen molar-refractivity contribution in [3.8, 4) is 5.75 Å². The Bertz CT molecular complexity index is 1290. The van der Waals surface area contributed by atoms with Crippen LogP contribution in [-0.4, -0.2) is 65.3 Å². The molecule has 4 rings (SSSR count). The van der Waals surface area contributed by atoms with Gasteiger partial charge < -0.3 is 19.4 Å². The van der Waals surface area contributed by atoms with Crippen LogP contribution in [-0.2, 0) is 21.2 Å². The van der Waals surface area contributed by atoms with E-state index >= 15 is 0 Å². The van der Waals surface area contributed by atoms with E-state index in [1.165, 1.54) is 12.1 Å². The molecule has 190 valence electrons. The van der Waals surface area contributed by atoms with Gasteiger partial charge in [-0.1, -0.05) is 30.3 Å². The summed E-state index contributed by atoms with van der Waals surface area (Å²) in [5.41, 5.74) is 2.47. The van der Waals surface area contributed by atoms with Gasteiger partial charge in [0.2, 0.25) is 5.91 Å². The van der Waals surface area contributed by atoms with Crippen molar-refractivity contribution in [1.82, 2.24) is 4.90 Å². The predicted octanol–water partition coefficient (Wildman–Crippen LogP) is 3.59. The fourth-order valence-electron chi connectivity index (χ4n) is 4.33. The zero-order valence-corrected chi connectivity index (χ0v) is 21.2. The predicted molar refractivity (Wildman–Crippen MR) is 139 cm³/mol. The molecule has 36 heavy (non-hydrogen) atoms. The number of rotatable bonds is 8. The lowest BCUT2D eigenvalue weighted by Crippen LogP contribution is -2.51. The highest BCUT2D eigenvalue weighted by Gasteiger charge is 2.26. The van der Waals surface area contributed by atoms with Crippen molar-refractivity contribution in [3.05, 3.63) is 84.2 Å². The zero-order chi connectivity index (χ0) is 25.7. The van der Waals surface area contributed by atoms with Crippen LogP contribution < -0.4 is 14.5 Å². The van der Waals surface area contributed by atoms with Crippen molar-refractivity contribution in [2.24, 2.45) is 0 Å². The molecule has 0 radical (unpaired) electrons. The average molecular weight is 512 g/mol. The summed E-state index contributed by atoms with van der Waals surface area (Å²) in [7, 11) is -1.97. The number of benzene rings is 3. The number of anilines is 2. The number of para-hydroxylation sites is 1. The van der Waals surface area contributed by atoms with Crippen LogP contribution in [0.4, 0.5) is 15.8 Å². The van der Waals surface area contributed by atoms with Crippen LogP contribution in [0.25, 0.3) is 0 Å². The minimum absolute atomic E-state index is 0.00513. The highest BCUT2D eigenvalue weighted by Crippen LogP contribution is 2.27. The molecule has 0 unspecified atom stereocenters. The zero-order valence-electron chi connectivity index (χ0n) is 20.4. The first-order valence-corrected chi connectivity index (χ1v) is 13.6. The van der Waals surface area contributed by atoms with Gasteiger partial charge in [-0.15, -0.1) is 0 Å². The second-order valence-corrected chi connectivity index (χ2v) is 10.8. The summed E-state index contributed by atoms with van der Waals surface area (Å²) in [5.74, 6) is 0.180. The third-order valence-corrected chi connectivity index (χ3v) is 7.40. The standard InChI is InChI=1S/C27H30FN3O4S/c1-35-24-11-8-21(9-12-24)19-31(23-6-4-3-5-7-23)20-27(32)30-16-14-29(15-17-30)25-13-10-22(28)18-26(25)36(2,33)34/h3-13,18H,14-17,19-20H2,1-2H3. The molecule has 1 aliphatic heterocycles. The normalized spacial score (nSPS) is 14.0. The van der Waals surface area contributed by atoms with Crippen LogP contribution in [0, 0.1) is 5.82 Å². The number of nitrogens with zero attached hydrogens (tertiary/aromatic N) is 3. The molecule has 1 fully saturated rings. The van der Waals surface area contributed by atoms with E-state index < -0.39 is 15.7 Å². The lowest BCUT2D eigenvalue weighted by atomic mass is 10.1. The van der Waals surface area contributed by atoms with Gasteiger partial charge in [-0.05, 0) is 48.0 Å². The van der Waals surface area contributed by atoms with Gasteiger partial charge in [0.1, 0.15) is 11.6 Å². The first kappa shape index (κ1) is 25.5. The lowest BCUT2D eigenvalue weighted by molar-refractivity contribution is -0.130. The number of hydrogen-bond donors (Lipinski definition) is 0. The van der Waals surface area contributed by atoms with Crippen LogP contribution in [0.15, 0.2) is 77.7 Å². The molecule has 0 aliphatic carbocycles. The van der Waals surface area contributed by atoms with E-state index in [0.717, 1.165) is 29.3 Å². The molecule has 0 N–H and O–H groups in total. The molecular formula is C27H30FN3O4S. The average Bonchev–Trinajstić information content (AvgIpc) is 2.89. The molecule has 0 atom stereocenters. The summed E-state index contributed by atoms with van der Waals surface area (Å²) in [4.78, 5) is 19.0. The molecule has 3 aromatic rings. The van der Waals surface area contributed by atoms with Gasteiger partial charge in [-0.3, -0.25) is 4.79 Å². The van der Waals surface area contributed by atoms with Gasteiger partial charge in [0.05, 0.1) is 24.2 Å². The largest absolute Gasteiger partial charge is 0.497 e. The second-order valence-electron chi connectivity index (χ2n) is 8.79. The Hall–Kier alpha value is -3.59. The van der Waals surface area contributed by atoms with Crippen molar-refractivity contribution in [1.29, 1.82) is 0 Å². The number of hydrogen-bond acceptors (Lipinski definition) is 6. The number of methoxy groups -OCH3 is 1. The van der Waals surface area contributed by atoms with E-state index in [2.05, 4.69) is 0 Å². The van der Waals surface area contributed by atoms with Crippen molar-refractivity contribution < 1.29 is 22.3 Å². The topological polar surface area (TPSA) is 70.2 Å². The maximum Gasteiger partial charge on any atom is 0.242 e. The van der Waals surface area contributed by atoms with E-state index in [1.807, 2.05) is 64.4 Å². The highest BCUT2D eigenvalue weighted by molar-refractivity contribution is 7.90. The van der Waals surface area contributed by atoms with Gasteiger partial charge in [-0.2, -0.15) is 0 Å². The third-order valence-electron chi connectivity index (χ3n) is 6.27. The second kappa shape index (κ2) is 11.0. The molecule has 0 bridgehead atoms. The fraction of sp³-hybridized carbons (Fsp3) is 0.296. The number of amides is 1. The number of piperazine rings is 1. The molecule has 1 heterocycles. The van der Waals surface area contributed by atoms with E-state index in [0.29, 0.717) is 38.4 Å². The molecule has 1 amide bonds. The van der Waals surface area contributed by atoms with Gasteiger partial charge in [0.25, 0.3) is 0 Å². The summed E-state index contributed by atoms with van der Waals surface area (Å²) in [5, 5.41) is 0. The van der Waals surface area contributed by atoms with Crippen molar-refractivity contribution in [3.63, 3.8) is 0 Å². The SMILES string of the molecule is COc1ccc(CN(CC(=O)N2CCN(c3ccc(F)cc3S(C)(=O)=O)CC2)c2ccccc2)cc1. The maximum atomic E-state index is 13.7. The van der Waals surface area contributed by atoms with Gasteiger partial charge in [-0.25, -0.2) is 12.8 Å². The summed E-state index contributed by atoms with van der Waals surface area (Å²) in [6.45, 7) is 2.59. The molecule has 1 saturated heterocycles. The summed E-state index contributed by atoms with van der Waals surface area (Å²) in [6.07, 6.45) is 1.08. The molecule has 7 nitrogen and oxygen atoms in total. The quantitative estimate of drug-likeness (QED) is 0.460. The minimum Gasteiger partial charge on any atom is -0.497 e. The van der Waals surface area contributed by atoms with E-state index in [-0.39, 0.29) is 17.3 Å². The number of halogens is 1. The molecule has 0 spiro atoms. The highest BCUT2D eigenvalue weighted by atomic mass is 32.2.